The summed E-state index contributed by atoms with van der Waals surface area (Å²) in [5.41, 5.74) is 6.92. The van der Waals surface area contributed by atoms with Crippen molar-refractivity contribution in [2.75, 3.05) is 17.2 Å². The number of nitrogens with zero attached hydrogens (tertiary/aromatic N) is 3. The maximum absolute atomic E-state index is 5.67. The highest BCUT2D eigenvalue weighted by Crippen LogP contribution is 2.15. The quantitative estimate of drug-likeness (QED) is 0.870. The fourth-order valence-corrected chi connectivity index (χ4v) is 1.69. The van der Waals surface area contributed by atoms with Gasteiger partial charge in [0.05, 0.1) is 0 Å². The molecule has 0 fully saturated rings. The minimum atomic E-state index is 0.501. The largest absolute Gasteiger partial charge is 0.384 e. The topological polar surface area (TPSA) is 55.0 Å². The van der Waals surface area contributed by atoms with Crippen molar-refractivity contribution < 1.29 is 0 Å². The number of benzene rings is 1. The standard InChI is InChI=1S/C13H16N4/c1-2-17(9-11-6-4-3-5-7-11)13-8-12(14)15-10-16-13/h3-8,10H,2,9H2,1H3,(H2,14,15,16). The molecular weight excluding hydrogens is 212 g/mol. The van der Waals surface area contributed by atoms with Gasteiger partial charge in [0.1, 0.15) is 18.0 Å². The number of nitrogens with two attached hydrogens (primary N) is 1. The fourth-order valence-electron chi connectivity index (χ4n) is 1.69. The van der Waals surface area contributed by atoms with Crippen molar-refractivity contribution in [2.24, 2.45) is 0 Å². The van der Waals surface area contributed by atoms with Gasteiger partial charge in [0.25, 0.3) is 0 Å². The number of nitrogen functional groups attached to an aromatic ring is 1. The van der Waals surface area contributed by atoms with Crippen LogP contribution in [0.2, 0.25) is 0 Å². The third-order valence-electron chi connectivity index (χ3n) is 2.60. The third-order valence-corrected chi connectivity index (χ3v) is 2.60. The molecule has 1 aromatic carbocycles. The maximum atomic E-state index is 5.67. The summed E-state index contributed by atoms with van der Waals surface area (Å²) in [6.07, 6.45) is 1.50. The van der Waals surface area contributed by atoms with Crippen molar-refractivity contribution in [1.82, 2.24) is 9.97 Å². The van der Waals surface area contributed by atoms with Gasteiger partial charge in [-0.2, -0.15) is 0 Å². The lowest BCUT2D eigenvalue weighted by atomic mass is 10.2. The summed E-state index contributed by atoms with van der Waals surface area (Å²) >= 11 is 0. The molecule has 0 bridgehead atoms. The van der Waals surface area contributed by atoms with Crippen LogP contribution < -0.4 is 10.6 Å². The molecule has 1 aromatic heterocycles. The molecule has 1 heterocycles. The van der Waals surface area contributed by atoms with E-state index in [2.05, 4.69) is 33.9 Å². The van der Waals surface area contributed by atoms with Crippen molar-refractivity contribution in [1.29, 1.82) is 0 Å². The Hall–Kier alpha value is -2.10. The third kappa shape index (κ3) is 2.93. The predicted octanol–water partition coefficient (Wildman–Crippen LogP) is 2.09. The van der Waals surface area contributed by atoms with Gasteiger partial charge < -0.3 is 10.6 Å². The van der Waals surface area contributed by atoms with E-state index in [1.165, 1.54) is 11.9 Å². The van der Waals surface area contributed by atoms with Crippen LogP contribution >= 0.6 is 0 Å². The molecule has 0 aliphatic carbocycles. The summed E-state index contributed by atoms with van der Waals surface area (Å²) in [4.78, 5) is 10.3. The van der Waals surface area contributed by atoms with Crippen LogP contribution in [0.5, 0.6) is 0 Å². The van der Waals surface area contributed by atoms with Crippen LogP contribution in [0.1, 0.15) is 12.5 Å². The highest BCUT2D eigenvalue weighted by molar-refractivity contribution is 5.46. The minimum absolute atomic E-state index is 0.501. The van der Waals surface area contributed by atoms with E-state index >= 15 is 0 Å². The lowest BCUT2D eigenvalue weighted by Crippen LogP contribution is -2.23. The predicted molar refractivity (Wildman–Crippen MR) is 69.6 cm³/mol. The van der Waals surface area contributed by atoms with Gasteiger partial charge in [-0.1, -0.05) is 30.3 Å². The monoisotopic (exact) mass is 228 g/mol. The molecule has 4 heteroatoms. The number of rotatable bonds is 4. The highest BCUT2D eigenvalue weighted by Gasteiger charge is 2.06. The van der Waals surface area contributed by atoms with Crippen LogP contribution in [0.25, 0.3) is 0 Å². The molecule has 2 N–H and O–H groups in total. The molecule has 4 nitrogen and oxygen atoms in total. The van der Waals surface area contributed by atoms with E-state index in [1.807, 2.05) is 18.2 Å². The first-order valence-corrected chi connectivity index (χ1v) is 5.66. The summed E-state index contributed by atoms with van der Waals surface area (Å²) in [7, 11) is 0. The van der Waals surface area contributed by atoms with E-state index in [-0.39, 0.29) is 0 Å². The summed E-state index contributed by atoms with van der Waals surface area (Å²) in [6, 6.07) is 12.1. The minimum Gasteiger partial charge on any atom is -0.384 e. The van der Waals surface area contributed by atoms with Gasteiger partial charge in [-0.25, -0.2) is 9.97 Å². The van der Waals surface area contributed by atoms with Gasteiger partial charge >= 0.3 is 0 Å². The Balaban J connectivity index is 2.17. The van der Waals surface area contributed by atoms with Crippen molar-refractivity contribution in [3.8, 4) is 0 Å². The number of hydrogen-bond donors (Lipinski definition) is 1. The molecule has 0 radical (unpaired) electrons. The number of anilines is 2. The van der Waals surface area contributed by atoms with E-state index in [1.54, 1.807) is 6.07 Å². The zero-order valence-corrected chi connectivity index (χ0v) is 9.87. The van der Waals surface area contributed by atoms with Crippen LogP contribution in [0.3, 0.4) is 0 Å². The molecule has 0 atom stereocenters. The van der Waals surface area contributed by atoms with Crippen molar-refractivity contribution >= 4 is 11.6 Å². The van der Waals surface area contributed by atoms with Gasteiger partial charge in [0.15, 0.2) is 0 Å². The van der Waals surface area contributed by atoms with Crippen LogP contribution in [0.4, 0.5) is 11.6 Å². The molecular formula is C13H16N4. The number of aromatic nitrogens is 2. The van der Waals surface area contributed by atoms with Crippen LogP contribution in [-0.2, 0) is 6.54 Å². The van der Waals surface area contributed by atoms with Gasteiger partial charge in [-0.15, -0.1) is 0 Å². The molecule has 0 amide bonds. The Morgan fingerprint density at radius 3 is 2.59 bits per heavy atom. The van der Waals surface area contributed by atoms with Gasteiger partial charge in [0.2, 0.25) is 0 Å². The molecule has 0 saturated carbocycles. The molecule has 2 rings (SSSR count). The summed E-state index contributed by atoms with van der Waals surface area (Å²) < 4.78 is 0. The lowest BCUT2D eigenvalue weighted by molar-refractivity contribution is 0.811. The zero-order chi connectivity index (χ0) is 12.1. The summed E-state index contributed by atoms with van der Waals surface area (Å²) in [5.74, 6) is 1.37. The first kappa shape index (κ1) is 11.4. The van der Waals surface area contributed by atoms with Crippen molar-refractivity contribution in [3.63, 3.8) is 0 Å². The Kier molecular flexibility index (Phi) is 3.55. The molecule has 0 aliphatic heterocycles. The van der Waals surface area contributed by atoms with E-state index in [4.69, 9.17) is 5.73 Å². The van der Waals surface area contributed by atoms with Gasteiger partial charge in [-0.3, -0.25) is 0 Å². The lowest BCUT2D eigenvalue weighted by Gasteiger charge is -2.21. The smallest absolute Gasteiger partial charge is 0.134 e. The average molecular weight is 228 g/mol. The number of hydrogen-bond acceptors (Lipinski definition) is 4. The van der Waals surface area contributed by atoms with E-state index in [0.717, 1.165) is 18.9 Å². The molecule has 17 heavy (non-hydrogen) atoms. The van der Waals surface area contributed by atoms with Crippen LogP contribution in [-0.4, -0.2) is 16.5 Å². The Morgan fingerprint density at radius 2 is 1.94 bits per heavy atom. The first-order valence-electron chi connectivity index (χ1n) is 5.66. The molecule has 0 saturated heterocycles. The second kappa shape index (κ2) is 5.30. The van der Waals surface area contributed by atoms with E-state index < -0.39 is 0 Å². The normalized spacial score (nSPS) is 10.2. The fraction of sp³-hybridized carbons (Fsp3) is 0.231. The molecule has 2 aromatic rings. The second-order valence-corrected chi connectivity index (χ2v) is 3.80. The summed E-state index contributed by atoms with van der Waals surface area (Å²) in [6.45, 7) is 3.81. The average Bonchev–Trinajstić information content (AvgIpc) is 2.37. The summed E-state index contributed by atoms with van der Waals surface area (Å²) in [5, 5.41) is 0. The molecule has 88 valence electrons. The SMILES string of the molecule is CCN(Cc1ccccc1)c1cc(N)ncn1. The van der Waals surface area contributed by atoms with Crippen molar-refractivity contribution in [3.05, 3.63) is 48.3 Å². The second-order valence-electron chi connectivity index (χ2n) is 3.80. The van der Waals surface area contributed by atoms with Gasteiger partial charge in [0, 0.05) is 19.2 Å². The zero-order valence-electron chi connectivity index (χ0n) is 9.87. The Labute approximate surface area is 101 Å². The van der Waals surface area contributed by atoms with Crippen molar-refractivity contribution in [2.45, 2.75) is 13.5 Å². The Bertz CT molecular complexity index is 470. The Morgan fingerprint density at radius 1 is 1.18 bits per heavy atom. The molecule has 0 unspecified atom stereocenters. The molecule has 0 aliphatic rings. The van der Waals surface area contributed by atoms with Crippen LogP contribution in [0.15, 0.2) is 42.7 Å². The van der Waals surface area contributed by atoms with E-state index in [9.17, 15) is 0 Å². The van der Waals surface area contributed by atoms with Gasteiger partial charge in [-0.05, 0) is 12.5 Å². The first-order chi connectivity index (χ1) is 8.29. The van der Waals surface area contributed by atoms with Crippen LogP contribution in [0, 0.1) is 0 Å². The highest BCUT2D eigenvalue weighted by atomic mass is 15.2. The molecule has 0 spiro atoms. The maximum Gasteiger partial charge on any atom is 0.134 e. The van der Waals surface area contributed by atoms with E-state index in [0.29, 0.717) is 5.82 Å².